The number of carbonyl (C=O) groups is 2. The molecule has 2 N–H and O–H groups in total. The molecule has 0 bridgehead atoms. The van der Waals surface area contributed by atoms with Gasteiger partial charge in [-0.2, -0.15) is 0 Å². The van der Waals surface area contributed by atoms with Gasteiger partial charge >= 0.3 is 5.97 Å². The Morgan fingerprint density at radius 1 is 1.25 bits per heavy atom. The van der Waals surface area contributed by atoms with Crippen molar-refractivity contribution in [3.8, 4) is 0 Å². The molecule has 0 atom stereocenters. The van der Waals surface area contributed by atoms with E-state index >= 15 is 0 Å². The van der Waals surface area contributed by atoms with E-state index in [9.17, 15) is 9.59 Å². The normalized spacial score (nSPS) is 10.3. The van der Waals surface area contributed by atoms with Crippen LogP contribution in [0.25, 0.3) is 0 Å². The summed E-state index contributed by atoms with van der Waals surface area (Å²) in [6.45, 7) is 0. The van der Waals surface area contributed by atoms with Crippen LogP contribution in [0, 0.1) is 2.88 Å². The first-order valence-electron chi connectivity index (χ1n) is 5.16. The fourth-order valence-electron chi connectivity index (χ4n) is 1.48. The maximum absolute atomic E-state index is 12.0. The summed E-state index contributed by atoms with van der Waals surface area (Å²) >= 11 is 15.2. The minimum Gasteiger partial charge on any atom is -0.478 e. The lowest BCUT2D eigenvalue weighted by atomic mass is 10.1. The lowest BCUT2D eigenvalue weighted by molar-refractivity contribution is 0.0698. The van der Waals surface area contributed by atoms with Crippen molar-refractivity contribution in [2.75, 3.05) is 5.32 Å². The first-order chi connectivity index (χ1) is 9.38. The Morgan fingerprint density at radius 2 is 1.95 bits per heavy atom. The Hall–Kier alpha value is -0.830. The number of carboxylic acid groups (broad SMARTS) is 1. The van der Waals surface area contributed by atoms with Gasteiger partial charge in [-0.25, -0.2) is 4.79 Å². The zero-order valence-electron chi connectivity index (χ0n) is 9.62. The minimum atomic E-state index is -1.22. The van der Waals surface area contributed by atoms with Crippen molar-refractivity contribution in [2.24, 2.45) is 0 Å². The first kappa shape index (κ1) is 15.6. The molecule has 0 saturated heterocycles. The quantitative estimate of drug-likeness (QED) is 0.683. The van der Waals surface area contributed by atoms with Gasteiger partial charge in [-0.1, -0.05) is 23.2 Å². The fraction of sp³-hybridized carbons (Fsp3) is 0. The highest BCUT2D eigenvalue weighted by Gasteiger charge is 2.18. The average molecular weight is 442 g/mol. The number of carboxylic acids is 1. The van der Waals surface area contributed by atoms with Crippen LogP contribution in [0.15, 0.2) is 23.6 Å². The highest BCUT2D eigenvalue weighted by atomic mass is 127. The van der Waals surface area contributed by atoms with E-state index in [-0.39, 0.29) is 21.3 Å². The van der Waals surface area contributed by atoms with Crippen molar-refractivity contribution in [1.82, 2.24) is 0 Å². The topological polar surface area (TPSA) is 66.4 Å². The van der Waals surface area contributed by atoms with Crippen LogP contribution in [0.2, 0.25) is 10.0 Å². The molecule has 0 aliphatic heterocycles. The number of hydrogen-bond acceptors (Lipinski definition) is 3. The maximum Gasteiger partial charge on any atom is 0.337 e. The smallest absolute Gasteiger partial charge is 0.337 e. The molecule has 0 radical (unpaired) electrons. The summed E-state index contributed by atoms with van der Waals surface area (Å²) in [4.78, 5) is 23.2. The van der Waals surface area contributed by atoms with Gasteiger partial charge in [-0.15, -0.1) is 11.3 Å². The minimum absolute atomic E-state index is 0.0368. The molecular formula is C12H6Cl2INO3S. The van der Waals surface area contributed by atoms with Gasteiger partial charge in [0.15, 0.2) is 0 Å². The summed E-state index contributed by atoms with van der Waals surface area (Å²) in [5.41, 5.74) is 0.331. The molecule has 0 aliphatic rings. The summed E-state index contributed by atoms with van der Waals surface area (Å²) in [6.07, 6.45) is 0. The van der Waals surface area contributed by atoms with E-state index in [4.69, 9.17) is 28.3 Å². The molecule has 1 aromatic heterocycles. The molecule has 104 valence electrons. The van der Waals surface area contributed by atoms with E-state index in [1.54, 1.807) is 11.4 Å². The average Bonchev–Trinajstić information content (AvgIpc) is 2.78. The molecule has 1 aromatic carbocycles. The van der Waals surface area contributed by atoms with Crippen molar-refractivity contribution in [3.63, 3.8) is 0 Å². The molecule has 20 heavy (non-hydrogen) atoms. The molecule has 2 rings (SSSR count). The maximum atomic E-state index is 12.0. The largest absolute Gasteiger partial charge is 0.478 e. The van der Waals surface area contributed by atoms with Gasteiger partial charge < -0.3 is 10.4 Å². The fourth-order valence-corrected chi connectivity index (χ4v) is 3.35. The highest BCUT2D eigenvalue weighted by Crippen LogP contribution is 2.31. The molecule has 0 spiro atoms. The molecule has 1 amide bonds. The van der Waals surface area contributed by atoms with Crippen LogP contribution < -0.4 is 5.32 Å². The number of amides is 1. The third kappa shape index (κ3) is 3.43. The standard InChI is InChI=1S/C12H6Cl2INO3S/c13-6-2-7(12(18)19)10(8(14)3-6)16-11(17)5-1-9(15)20-4-5/h1-4H,(H,16,17)(H,18,19). The van der Waals surface area contributed by atoms with Gasteiger partial charge in [-0.05, 0) is 40.8 Å². The van der Waals surface area contributed by atoms with Crippen molar-refractivity contribution in [1.29, 1.82) is 0 Å². The van der Waals surface area contributed by atoms with E-state index in [1.807, 2.05) is 0 Å². The zero-order chi connectivity index (χ0) is 14.9. The second-order valence-corrected chi connectivity index (χ2v) is 7.36. The van der Waals surface area contributed by atoms with Crippen LogP contribution in [-0.2, 0) is 0 Å². The summed E-state index contributed by atoms with van der Waals surface area (Å²) in [7, 11) is 0. The number of halogens is 3. The van der Waals surface area contributed by atoms with E-state index < -0.39 is 11.9 Å². The van der Waals surface area contributed by atoms with Crippen LogP contribution in [0.3, 0.4) is 0 Å². The molecule has 0 unspecified atom stereocenters. The molecule has 0 saturated carbocycles. The number of benzene rings is 1. The lowest BCUT2D eigenvalue weighted by Gasteiger charge is -2.10. The van der Waals surface area contributed by atoms with Gasteiger partial charge in [0.2, 0.25) is 0 Å². The van der Waals surface area contributed by atoms with Crippen LogP contribution in [0.1, 0.15) is 20.7 Å². The van der Waals surface area contributed by atoms with Crippen molar-refractivity contribution in [2.45, 2.75) is 0 Å². The summed E-state index contributed by atoms with van der Waals surface area (Å²) in [5.74, 6) is -1.64. The second-order valence-electron chi connectivity index (χ2n) is 3.71. The number of nitrogens with one attached hydrogen (secondary N) is 1. The number of thiophene rings is 1. The SMILES string of the molecule is O=C(Nc1c(Cl)cc(Cl)cc1C(=O)O)c1csc(I)c1. The van der Waals surface area contributed by atoms with Crippen molar-refractivity contribution < 1.29 is 14.7 Å². The third-order valence-corrected chi connectivity index (χ3v) is 4.66. The van der Waals surface area contributed by atoms with E-state index in [2.05, 4.69) is 27.9 Å². The Kier molecular flexibility index (Phi) is 4.90. The van der Waals surface area contributed by atoms with Crippen LogP contribution >= 0.6 is 57.1 Å². The molecular weight excluding hydrogens is 436 g/mol. The number of carbonyl (C=O) groups excluding carboxylic acids is 1. The number of aromatic carboxylic acids is 1. The molecule has 1 heterocycles. The van der Waals surface area contributed by atoms with E-state index in [0.29, 0.717) is 5.56 Å². The first-order valence-corrected chi connectivity index (χ1v) is 7.87. The summed E-state index contributed by atoms with van der Waals surface area (Å²) in [6, 6.07) is 4.32. The monoisotopic (exact) mass is 441 g/mol. The molecule has 0 fully saturated rings. The van der Waals surface area contributed by atoms with E-state index in [0.717, 1.165) is 2.88 Å². The Bertz CT molecular complexity index is 702. The molecule has 8 heteroatoms. The van der Waals surface area contributed by atoms with Crippen LogP contribution in [-0.4, -0.2) is 17.0 Å². The molecule has 4 nitrogen and oxygen atoms in total. The predicted molar refractivity (Wildman–Crippen MR) is 88.4 cm³/mol. The molecule has 2 aromatic rings. The van der Waals surface area contributed by atoms with Gasteiger partial charge in [0.1, 0.15) is 0 Å². The van der Waals surface area contributed by atoms with E-state index in [1.165, 1.54) is 23.5 Å². The zero-order valence-corrected chi connectivity index (χ0v) is 14.1. The summed E-state index contributed by atoms with van der Waals surface area (Å²) < 4.78 is 0.952. The Balaban J connectivity index is 2.38. The number of rotatable bonds is 3. The third-order valence-electron chi connectivity index (χ3n) is 2.35. The van der Waals surface area contributed by atoms with Crippen molar-refractivity contribution in [3.05, 3.63) is 47.6 Å². The lowest BCUT2D eigenvalue weighted by Crippen LogP contribution is -2.14. The van der Waals surface area contributed by atoms with Gasteiger partial charge in [0.05, 0.1) is 24.7 Å². The van der Waals surface area contributed by atoms with Gasteiger partial charge in [0, 0.05) is 10.4 Å². The predicted octanol–water partition coefficient (Wildman–Crippen LogP) is 4.61. The second kappa shape index (κ2) is 6.30. The molecule has 0 aliphatic carbocycles. The Labute approximate surface area is 141 Å². The van der Waals surface area contributed by atoms with Gasteiger partial charge in [0.25, 0.3) is 5.91 Å². The highest BCUT2D eigenvalue weighted by molar-refractivity contribution is 14.1. The Morgan fingerprint density at radius 3 is 2.50 bits per heavy atom. The van der Waals surface area contributed by atoms with Crippen LogP contribution in [0.4, 0.5) is 5.69 Å². The van der Waals surface area contributed by atoms with Crippen LogP contribution in [0.5, 0.6) is 0 Å². The number of anilines is 1. The van der Waals surface area contributed by atoms with Gasteiger partial charge in [-0.3, -0.25) is 4.79 Å². The summed E-state index contributed by atoms with van der Waals surface area (Å²) in [5, 5.41) is 13.6. The van der Waals surface area contributed by atoms with Crippen molar-refractivity contribution >= 4 is 74.7 Å². The number of hydrogen-bond donors (Lipinski definition) is 2.